The van der Waals surface area contributed by atoms with Crippen LogP contribution in [0.2, 0.25) is 0 Å². The van der Waals surface area contributed by atoms with Gasteiger partial charge in [0.15, 0.2) is 5.82 Å². The van der Waals surface area contributed by atoms with Gasteiger partial charge in [0.25, 0.3) is 0 Å². The monoisotopic (exact) mass is 652 g/mol. The Kier molecular flexibility index (Phi) is 15.6. The van der Waals surface area contributed by atoms with E-state index in [0.29, 0.717) is 30.4 Å². The Morgan fingerprint density at radius 2 is 1.68 bits per heavy atom. The predicted octanol–water partition coefficient (Wildman–Crippen LogP) is 10.1. The number of ether oxygens (including phenoxy) is 2. The molecular weight excluding hydrogens is 592 g/mol. The van der Waals surface area contributed by atoms with Crippen molar-refractivity contribution < 1.29 is 21.9 Å². The molecule has 0 bridgehead atoms. The molecular formula is C37H60N6O4. The molecule has 10 heteroatoms. The van der Waals surface area contributed by atoms with Gasteiger partial charge in [-0.3, -0.25) is 20.2 Å². The molecule has 1 saturated heterocycles. The van der Waals surface area contributed by atoms with Crippen molar-refractivity contribution in [2.75, 3.05) is 23.8 Å². The number of unbranched alkanes of at least 4 members (excludes halogenated alkanes) is 1. The number of hydrogen-bond donors (Lipinski definition) is 2. The maximum absolute atomic E-state index is 12.9. The zero-order chi connectivity index (χ0) is 35.0. The fourth-order valence-electron chi connectivity index (χ4n) is 4.55. The van der Waals surface area contributed by atoms with Crippen LogP contribution in [0.5, 0.6) is 5.75 Å². The zero-order valence-electron chi connectivity index (χ0n) is 30.2. The normalized spacial score (nSPS) is 15.7. The number of anilines is 2. The van der Waals surface area contributed by atoms with E-state index >= 15 is 0 Å². The number of piperidine rings is 1. The number of nitrogens with zero attached hydrogens (tertiary/aromatic N) is 4. The lowest BCUT2D eigenvalue weighted by Gasteiger charge is -2.44. The summed E-state index contributed by atoms with van der Waals surface area (Å²) in [5.41, 5.74) is 2.79. The van der Waals surface area contributed by atoms with Crippen LogP contribution >= 0.6 is 0 Å². The summed E-state index contributed by atoms with van der Waals surface area (Å²) in [6.45, 7) is 21.1. The number of rotatable bonds is 7. The van der Waals surface area contributed by atoms with Gasteiger partial charge >= 0.3 is 12.1 Å². The number of aryl methyl sites for hydroxylation is 2. The van der Waals surface area contributed by atoms with Crippen LogP contribution < -0.4 is 15.4 Å². The van der Waals surface area contributed by atoms with Crippen molar-refractivity contribution in [2.45, 2.75) is 119 Å². The highest BCUT2D eigenvalue weighted by molar-refractivity contribution is 5.99. The van der Waals surface area contributed by atoms with Crippen LogP contribution in [0, 0.1) is 13.8 Å². The molecule has 1 fully saturated rings. The van der Waals surface area contributed by atoms with Crippen molar-refractivity contribution in [3.63, 3.8) is 0 Å². The lowest BCUT2D eigenvalue weighted by atomic mass is 9.89. The molecule has 0 unspecified atom stereocenters. The van der Waals surface area contributed by atoms with Gasteiger partial charge in [0.1, 0.15) is 18.0 Å². The first kappa shape index (κ1) is 39.0. The average molecular weight is 653 g/mol. The van der Waals surface area contributed by atoms with Gasteiger partial charge < -0.3 is 14.8 Å². The van der Waals surface area contributed by atoms with E-state index < -0.39 is 17.2 Å². The van der Waals surface area contributed by atoms with E-state index in [1.54, 1.807) is 18.5 Å². The Labute approximate surface area is 285 Å². The average Bonchev–Trinajstić information content (AvgIpc) is 3.01. The summed E-state index contributed by atoms with van der Waals surface area (Å²) in [4.78, 5) is 40.1. The van der Waals surface area contributed by atoms with Gasteiger partial charge in [-0.2, -0.15) is 0 Å². The Morgan fingerprint density at radius 3 is 2.28 bits per heavy atom. The molecule has 1 atom stereocenters. The molecule has 2 N–H and O–H groups in total. The SMILES string of the molecule is CCC.CCCC.Cc1ccc(NC(=O)Nc2cncc(-c3ccc(OC[C@]4(C)CCCCN4C(=O)OC(C)(C)C)c(C)c3)n2)cn1.[HH].[HH]. The predicted molar refractivity (Wildman–Crippen MR) is 195 cm³/mol. The smallest absolute Gasteiger partial charge is 0.410 e. The van der Waals surface area contributed by atoms with Gasteiger partial charge in [0.2, 0.25) is 0 Å². The highest BCUT2D eigenvalue weighted by Crippen LogP contribution is 2.32. The van der Waals surface area contributed by atoms with Gasteiger partial charge in [0, 0.05) is 20.7 Å². The molecule has 10 nitrogen and oxygen atoms in total. The van der Waals surface area contributed by atoms with E-state index in [2.05, 4.69) is 60.2 Å². The van der Waals surface area contributed by atoms with Crippen LogP contribution in [-0.2, 0) is 4.74 Å². The third kappa shape index (κ3) is 13.2. The minimum atomic E-state index is -0.555. The number of hydrogen-bond acceptors (Lipinski definition) is 7. The molecule has 47 heavy (non-hydrogen) atoms. The molecule has 3 heterocycles. The number of benzene rings is 1. The second-order valence-corrected chi connectivity index (χ2v) is 13.1. The fourth-order valence-corrected chi connectivity index (χ4v) is 4.55. The lowest BCUT2D eigenvalue weighted by molar-refractivity contribution is -0.0236. The van der Waals surface area contributed by atoms with Crippen LogP contribution in [0.4, 0.5) is 21.1 Å². The van der Waals surface area contributed by atoms with Crippen LogP contribution in [0.15, 0.2) is 48.9 Å². The molecule has 0 radical (unpaired) electrons. The van der Waals surface area contributed by atoms with Crippen LogP contribution in [0.25, 0.3) is 11.3 Å². The number of likely N-dealkylation sites (tertiary alicyclic amines) is 1. The molecule has 3 amide bonds. The number of urea groups is 1. The molecule has 0 aliphatic carbocycles. The number of pyridine rings is 1. The largest absolute Gasteiger partial charge is 0.491 e. The van der Waals surface area contributed by atoms with Crippen molar-refractivity contribution in [3.8, 4) is 17.0 Å². The Morgan fingerprint density at radius 1 is 0.979 bits per heavy atom. The van der Waals surface area contributed by atoms with Crippen molar-refractivity contribution >= 4 is 23.6 Å². The third-order valence-corrected chi connectivity index (χ3v) is 7.17. The topological polar surface area (TPSA) is 119 Å². The number of carbonyl (C=O) groups is 2. The summed E-state index contributed by atoms with van der Waals surface area (Å²) >= 11 is 0. The fraction of sp³-hybridized carbons (Fsp3) is 0.541. The highest BCUT2D eigenvalue weighted by Gasteiger charge is 2.40. The Balaban J connectivity index is 0.00000235. The van der Waals surface area contributed by atoms with E-state index in [4.69, 9.17) is 9.47 Å². The molecule has 0 spiro atoms. The van der Waals surface area contributed by atoms with E-state index in [9.17, 15) is 9.59 Å². The van der Waals surface area contributed by atoms with Crippen LogP contribution in [-0.4, -0.2) is 56.3 Å². The number of aromatic nitrogens is 3. The zero-order valence-corrected chi connectivity index (χ0v) is 30.2. The Bertz CT molecular complexity index is 1420. The number of amides is 3. The minimum Gasteiger partial charge on any atom is -0.491 e. The number of carbonyl (C=O) groups excluding carboxylic acids is 2. The third-order valence-electron chi connectivity index (χ3n) is 7.17. The van der Waals surface area contributed by atoms with E-state index in [-0.39, 0.29) is 8.95 Å². The first-order valence-electron chi connectivity index (χ1n) is 16.8. The first-order chi connectivity index (χ1) is 22.2. The molecule has 1 aliphatic heterocycles. The van der Waals surface area contributed by atoms with E-state index in [0.717, 1.165) is 41.8 Å². The summed E-state index contributed by atoms with van der Waals surface area (Å²) < 4.78 is 11.9. The van der Waals surface area contributed by atoms with Gasteiger partial charge in [-0.1, -0.05) is 47.0 Å². The quantitative estimate of drug-likeness (QED) is 0.261. The van der Waals surface area contributed by atoms with Gasteiger partial charge in [-0.05, 0) is 96.7 Å². The Hall–Kier alpha value is -4.21. The molecule has 3 aromatic rings. The van der Waals surface area contributed by atoms with Crippen LogP contribution in [0.1, 0.15) is 108 Å². The summed E-state index contributed by atoms with van der Waals surface area (Å²) in [6, 6.07) is 8.93. The lowest BCUT2D eigenvalue weighted by Crippen LogP contribution is -2.57. The second kappa shape index (κ2) is 18.8. The minimum absolute atomic E-state index is 0. The molecule has 1 aliphatic rings. The maximum atomic E-state index is 12.9. The van der Waals surface area contributed by atoms with Crippen LogP contribution in [0.3, 0.4) is 0 Å². The maximum Gasteiger partial charge on any atom is 0.410 e. The van der Waals surface area contributed by atoms with Gasteiger partial charge in [0.05, 0.1) is 35.5 Å². The van der Waals surface area contributed by atoms with Crippen molar-refractivity contribution in [1.82, 2.24) is 19.9 Å². The molecule has 4 rings (SSSR count). The summed E-state index contributed by atoms with van der Waals surface area (Å²) in [6.07, 6.45) is 11.1. The highest BCUT2D eigenvalue weighted by atomic mass is 16.6. The standard InChI is InChI=1S/C30H38N6O4.C4H10.C3H8.2H2/c1-20-15-22(24-17-31-18-26(34-24)35-27(37)33-23-11-9-21(2)32-16-23)10-12-25(20)39-19-30(6)13-7-8-14-36(30)28(38)40-29(3,4)5;1-3-4-2;1-3-2;;/h9-12,15-18H,7-8,13-14,19H2,1-6H3,(H2,33,34,35,37);3-4H2,1-2H3;3H2,1-2H3;2*1H/t30-;;;;/m0..../s1. The summed E-state index contributed by atoms with van der Waals surface area (Å²) in [5.74, 6) is 1.05. The van der Waals surface area contributed by atoms with E-state index in [1.807, 2.05) is 63.8 Å². The van der Waals surface area contributed by atoms with Gasteiger partial charge in [-0.25, -0.2) is 14.6 Å². The van der Waals surface area contributed by atoms with Gasteiger partial charge in [-0.15, -0.1) is 0 Å². The summed E-state index contributed by atoms with van der Waals surface area (Å²) in [7, 11) is 0. The number of nitrogens with one attached hydrogen (secondary N) is 2. The second-order valence-electron chi connectivity index (χ2n) is 13.1. The van der Waals surface area contributed by atoms with Crippen molar-refractivity contribution in [2.24, 2.45) is 0 Å². The van der Waals surface area contributed by atoms with E-state index in [1.165, 1.54) is 25.5 Å². The molecule has 1 aromatic carbocycles. The van der Waals surface area contributed by atoms with Crippen molar-refractivity contribution in [1.29, 1.82) is 0 Å². The molecule has 0 saturated carbocycles. The molecule has 262 valence electrons. The summed E-state index contributed by atoms with van der Waals surface area (Å²) in [5, 5.41) is 5.44. The first-order valence-corrected chi connectivity index (χ1v) is 16.8. The van der Waals surface area contributed by atoms with Crippen molar-refractivity contribution in [3.05, 3.63) is 60.2 Å². The molecule has 2 aromatic heterocycles.